The SMILES string of the molecule is CCOC(=O)CC(C#N)(CC)N(NC(=O)OCc1ccccc1)C(=O)OCc1ccccc1.CCOC(=O)CC(C#N)CC.O=C=O.O=C=O. The predicted octanol–water partition coefficient (Wildman–Crippen LogP) is 4.41. The monoisotopic (exact) mass is 696 g/mol. The summed E-state index contributed by atoms with van der Waals surface area (Å²) in [5, 5.41) is 19.1. The van der Waals surface area contributed by atoms with Crippen LogP contribution in [-0.2, 0) is 60.9 Å². The van der Waals surface area contributed by atoms with Crippen molar-refractivity contribution in [3.63, 3.8) is 0 Å². The Bertz CT molecular complexity index is 1430. The third-order valence-electron chi connectivity index (χ3n) is 6.16. The van der Waals surface area contributed by atoms with Crippen LogP contribution in [0.3, 0.4) is 0 Å². The molecule has 16 nitrogen and oxygen atoms in total. The molecule has 16 heteroatoms. The van der Waals surface area contributed by atoms with Crippen molar-refractivity contribution in [1.82, 2.24) is 10.4 Å². The van der Waals surface area contributed by atoms with E-state index >= 15 is 0 Å². The first-order valence-electron chi connectivity index (χ1n) is 15.1. The van der Waals surface area contributed by atoms with Gasteiger partial charge in [0.05, 0.1) is 44.1 Å². The van der Waals surface area contributed by atoms with Gasteiger partial charge in [-0.15, -0.1) is 0 Å². The van der Waals surface area contributed by atoms with Crippen LogP contribution in [0, 0.1) is 28.6 Å². The van der Waals surface area contributed by atoms with Crippen LogP contribution in [0.25, 0.3) is 0 Å². The number of amides is 2. The molecule has 50 heavy (non-hydrogen) atoms. The molecule has 268 valence electrons. The first-order chi connectivity index (χ1) is 24.0. The summed E-state index contributed by atoms with van der Waals surface area (Å²) in [6.07, 6.45) is -1.01. The quantitative estimate of drug-likeness (QED) is 0.173. The average molecular weight is 697 g/mol. The molecule has 2 amide bonds. The molecule has 2 aromatic carbocycles. The topological polar surface area (TPSA) is 236 Å². The normalized spacial score (nSPS) is 10.8. The van der Waals surface area contributed by atoms with Gasteiger partial charge in [-0.3, -0.25) is 9.59 Å². The molecular formula is C34H40N4O12. The van der Waals surface area contributed by atoms with E-state index in [1.165, 1.54) is 0 Å². The summed E-state index contributed by atoms with van der Waals surface area (Å²) in [7, 11) is 0. The highest BCUT2D eigenvalue weighted by molar-refractivity contribution is 5.78. The van der Waals surface area contributed by atoms with Crippen molar-refractivity contribution in [3.05, 3.63) is 71.8 Å². The molecule has 0 saturated heterocycles. The van der Waals surface area contributed by atoms with Crippen LogP contribution < -0.4 is 5.43 Å². The molecule has 0 aromatic heterocycles. The maximum atomic E-state index is 13.0. The van der Waals surface area contributed by atoms with Crippen LogP contribution in [0.15, 0.2) is 60.7 Å². The van der Waals surface area contributed by atoms with Crippen molar-refractivity contribution in [2.45, 2.75) is 72.1 Å². The Morgan fingerprint density at radius 1 is 0.740 bits per heavy atom. The van der Waals surface area contributed by atoms with Crippen molar-refractivity contribution in [3.8, 4) is 12.1 Å². The van der Waals surface area contributed by atoms with Gasteiger partial charge in [0.25, 0.3) is 0 Å². The Kier molecular flexibility index (Phi) is 26.4. The van der Waals surface area contributed by atoms with Gasteiger partial charge >= 0.3 is 36.4 Å². The van der Waals surface area contributed by atoms with Crippen LogP contribution in [0.4, 0.5) is 9.59 Å². The lowest BCUT2D eigenvalue weighted by atomic mass is 9.93. The Balaban J connectivity index is 0. The molecule has 1 N–H and O–H groups in total. The molecule has 0 saturated carbocycles. The van der Waals surface area contributed by atoms with E-state index in [9.17, 15) is 24.4 Å². The van der Waals surface area contributed by atoms with E-state index < -0.39 is 30.1 Å². The third kappa shape index (κ3) is 20.0. The summed E-state index contributed by atoms with van der Waals surface area (Å²) in [6.45, 7) is 7.22. The van der Waals surface area contributed by atoms with Gasteiger partial charge in [0, 0.05) is 0 Å². The largest absolute Gasteiger partial charge is 0.466 e. The zero-order valence-corrected chi connectivity index (χ0v) is 28.2. The van der Waals surface area contributed by atoms with E-state index in [-0.39, 0.29) is 56.9 Å². The number of hydrazine groups is 1. The Morgan fingerprint density at radius 3 is 1.60 bits per heavy atom. The maximum absolute atomic E-state index is 13.0. The number of rotatable bonds is 13. The van der Waals surface area contributed by atoms with Crippen LogP contribution in [-0.4, -0.2) is 60.2 Å². The number of hydrogen-bond acceptors (Lipinski definition) is 14. The highest BCUT2D eigenvalue weighted by Gasteiger charge is 2.44. The van der Waals surface area contributed by atoms with Gasteiger partial charge in [0.1, 0.15) is 13.2 Å². The van der Waals surface area contributed by atoms with Gasteiger partial charge in [-0.2, -0.15) is 34.7 Å². The number of ether oxygens (including phenoxy) is 4. The van der Waals surface area contributed by atoms with Crippen LogP contribution >= 0.6 is 0 Å². The fraction of sp³-hybridized carbons (Fsp3) is 0.412. The molecule has 0 aliphatic rings. The van der Waals surface area contributed by atoms with Gasteiger partial charge < -0.3 is 18.9 Å². The number of carbonyl (C=O) groups is 4. The molecule has 2 rings (SSSR count). The fourth-order valence-electron chi connectivity index (χ4n) is 3.64. The average Bonchev–Trinajstić information content (AvgIpc) is 3.12. The molecule has 0 radical (unpaired) electrons. The number of esters is 2. The van der Waals surface area contributed by atoms with Crippen LogP contribution in [0.2, 0.25) is 0 Å². The summed E-state index contributed by atoms with van der Waals surface area (Å²) >= 11 is 0. The van der Waals surface area contributed by atoms with Gasteiger partial charge in [-0.25, -0.2) is 15.0 Å². The molecule has 0 aliphatic heterocycles. The molecule has 0 bridgehead atoms. The second kappa shape index (κ2) is 28.8. The van der Waals surface area contributed by atoms with E-state index in [4.69, 9.17) is 38.7 Å². The fourth-order valence-corrected chi connectivity index (χ4v) is 3.64. The number of nitrogens with one attached hydrogen (secondary N) is 1. The Hall–Kier alpha value is -6.34. The minimum Gasteiger partial charge on any atom is -0.466 e. The standard InChI is InChI=1S/C24H27N3O6.C8H13NO2.2CO2/c1-3-24(18-25,15-21(28)31-4-2)27(23(30)33-17-20-13-9-6-10-14-20)26-22(29)32-16-19-11-7-5-8-12-19;1-3-7(6-9)5-8(10)11-4-2;2*2-1-3/h5-14H,3-4,15-17H2,1-2H3,(H,26,29);7H,3-5H2,1-2H3;;. The van der Waals surface area contributed by atoms with E-state index in [1.54, 1.807) is 69.3 Å². The maximum Gasteiger partial charge on any atom is 0.430 e. The number of nitrogens with zero attached hydrogens (tertiary/aromatic N) is 3. The highest BCUT2D eigenvalue weighted by Crippen LogP contribution is 2.24. The predicted molar refractivity (Wildman–Crippen MR) is 169 cm³/mol. The second-order valence-electron chi connectivity index (χ2n) is 9.44. The first kappa shape index (κ1) is 45.8. The molecule has 2 aromatic rings. The lowest BCUT2D eigenvalue weighted by molar-refractivity contribution is -0.193. The Labute approximate surface area is 289 Å². The number of hydrogen-bond donors (Lipinski definition) is 1. The summed E-state index contributed by atoms with van der Waals surface area (Å²) in [6, 6.07) is 21.9. The van der Waals surface area contributed by atoms with Crippen molar-refractivity contribution in [2.24, 2.45) is 5.92 Å². The lowest BCUT2D eigenvalue weighted by Crippen LogP contribution is -2.60. The third-order valence-corrected chi connectivity index (χ3v) is 6.16. The molecule has 2 unspecified atom stereocenters. The molecule has 0 heterocycles. The minimum atomic E-state index is -1.74. The molecule has 0 aliphatic carbocycles. The summed E-state index contributed by atoms with van der Waals surface area (Å²) in [5.41, 5.74) is 1.98. The molecule has 0 fully saturated rings. The number of benzene rings is 2. The van der Waals surface area contributed by atoms with Gasteiger partial charge in [0.2, 0.25) is 0 Å². The summed E-state index contributed by atoms with van der Waals surface area (Å²) < 4.78 is 20.1. The van der Waals surface area contributed by atoms with E-state index in [0.29, 0.717) is 23.6 Å². The number of nitriles is 2. The number of carbonyl (C=O) groups excluding carboxylic acids is 8. The molecule has 0 spiro atoms. The van der Waals surface area contributed by atoms with Gasteiger partial charge in [-0.1, -0.05) is 74.5 Å². The van der Waals surface area contributed by atoms with Gasteiger partial charge in [-0.05, 0) is 37.8 Å². The zero-order chi connectivity index (χ0) is 38.2. The smallest absolute Gasteiger partial charge is 0.430 e. The Morgan fingerprint density at radius 2 is 1.20 bits per heavy atom. The molecular weight excluding hydrogens is 656 g/mol. The van der Waals surface area contributed by atoms with E-state index in [2.05, 4.69) is 10.2 Å². The molecule has 2 atom stereocenters. The minimum absolute atomic E-state index is 0.0156. The van der Waals surface area contributed by atoms with Crippen molar-refractivity contribution in [2.75, 3.05) is 13.2 Å². The summed E-state index contributed by atoms with van der Waals surface area (Å²) in [4.78, 5) is 80.9. The van der Waals surface area contributed by atoms with Crippen LogP contribution in [0.1, 0.15) is 64.5 Å². The van der Waals surface area contributed by atoms with Crippen molar-refractivity contribution in [1.29, 1.82) is 10.5 Å². The highest BCUT2D eigenvalue weighted by atomic mass is 16.6. The van der Waals surface area contributed by atoms with Crippen molar-refractivity contribution < 1.29 is 57.3 Å². The van der Waals surface area contributed by atoms with E-state index in [1.807, 2.05) is 31.2 Å². The lowest BCUT2D eigenvalue weighted by Gasteiger charge is -2.35. The summed E-state index contributed by atoms with van der Waals surface area (Å²) in [5.74, 6) is -1.16. The second-order valence-corrected chi connectivity index (χ2v) is 9.44. The van der Waals surface area contributed by atoms with Crippen LogP contribution in [0.5, 0.6) is 0 Å². The van der Waals surface area contributed by atoms with E-state index in [0.717, 1.165) is 5.56 Å². The first-order valence-corrected chi connectivity index (χ1v) is 15.1. The van der Waals surface area contributed by atoms with Crippen molar-refractivity contribution >= 4 is 36.4 Å². The van der Waals surface area contributed by atoms with Gasteiger partial charge in [0.15, 0.2) is 5.54 Å². The zero-order valence-electron chi connectivity index (χ0n) is 28.2.